The van der Waals surface area contributed by atoms with E-state index >= 15 is 0 Å². The zero-order chi connectivity index (χ0) is 13.9. The predicted molar refractivity (Wildman–Crippen MR) is 77.8 cm³/mol. The molecule has 2 rings (SSSR count). The maximum atomic E-state index is 12.7. The van der Waals surface area contributed by atoms with E-state index in [2.05, 4.69) is 22.3 Å². The van der Waals surface area contributed by atoms with Crippen LogP contribution in [0, 0.1) is 5.41 Å². The van der Waals surface area contributed by atoms with Gasteiger partial charge >= 0.3 is 0 Å². The SMILES string of the molecule is CC(C)(C)C(=O)N1CCCNCC1c1ccccc1. The molecule has 104 valence electrons. The van der Waals surface area contributed by atoms with Crippen molar-refractivity contribution in [1.82, 2.24) is 10.2 Å². The lowest BCUT2D eigenvalue weighted by molar-refractivity contribution is -0.141. The molecule has 1 aromatic carbocycles. The Balaban J connectivity index is 2.29. The van der Waals surface area contributed by atoms with Gasteiger partial charge < -0.3 is 10.2 Å². The van der Waals surface area contributed by atoms with Crippen LogP contribution < -0.4 is 5.32 Å². The summed E-state index contributed by atoms with van der Waals surface area (Å²) < 4.78 is 0. The van der Waals surface area contributed by atoms with E-state index < -0.39 is 0 Å². The van der Waals surface area contributed by atoms with E-state index in [1.54, 1.807) is 0 Å². The second kappa shape index (κ2) is 5.74. The zero-order valence-corrected chi connectivity index (χ0v) is 12.1. The number of amides is 1. The molecule has 1 aliphatic heterocycles. The molecule has 1 N–H and O–H groups in total. The number of hydrogen-bond donors (Lipinski definition) is 1. The Hall–Kier alpha value is -1.35. The highest BCUT2D eigenvalue weighted by atomic mass is 16.2. The summed E-state index contributed by atoms with van der Waals surface area (Å²) in [5.41, 5.74) is 0.895. The van der Waals surface area contributed by atoms with Gasteiger partial charge in [-0.2, -0.15) is 0 Å². The Morgan fingerprint density at radius 3 is 2.58 bits per heavy atom. The Morgan fingerprint density at radius 2 is 1.95 bits per heavy atom. The smallest absolute Gasteiger partial charge is 0.228 e. The molecule has 1 fully saturated rings. The molecule has 1 heterocycles. The van der Waals surface area contributed by atoms with E-state index in [1.807, 2.05) is 39.0 Å². The van der Waals surface area contributed by atoms with Crippen molar-refractivity contribution in [2.24, 2.45) is 5.41 Å². The van der Waals surface area contributed by atoms with Crippen LogP contribution in [0.2, 0.25) is 0 Å². The lowest BCUT2D eigenvalue weighted by Gasteiger charge is -2.35. The van der Waals surface area contributed by atoms with Gasteiger partial charge in [0.2, 0.25) is 5.91 Å². The first-order valence-corrected chi connectivity index (χ1v) is 7.07. The fraction of sp³-hybridized carbons (Fsp3) is 0.562. The summed E-state index contributed by atoms with van der Waals surface area (Å²) in [7, 11) is 0. The molecule has 1 unspecified atom stereocenters. The lowest BCUT2D eigenvalue weighted by Crippen LogP contribution is -2.43. The van der Waals surface area contributed by atoms with E-state index in [0.29, 0.717) is 0 Å². The van der Waals surface area contributed by atoms with Crippen LogP contribution in [0.15, 0.2) is 30.3 Å². The number of nitrogens with zero attached hydrogens (tertiary/aromatic N) is 1. The van der Waals surface area contributed by atoms with E-state index in [4.69, 9.17) is 0 Å². The summed E-state index contributed by atoms with van der Waals surface area (Å²) in [6.45, 7) is 8.65. The molecule has 0 aliphatic carbocycles. The fourth-order valence-electron chi connectivity index (χ4n) is 2.53. The second-order valence-electron chi connectivity index (χ2n) is 6.23. The Bertz CT molecular complexity index is 422. The van der Waals surface area contributed by atoms with Gasteiger partial charge in [0.25, 0.3) is 0 Å². The van der Waals surface area contributed by atoms with E-state index in [-0.39, 0.29) is 17.4 Å². The van der Waals surface area contributed by atoms with Crippen LogP contribution in [0.3, 0.4) is 0 Å². The summed E-state index contributed by atoms with van der Waals surface area (Å²) in [6, 6.07) is 10.5. The Labute approximate surface area is 116 Å². The third-order valence-corrected chi connectivity index (χ3v) is 3.55. The van der Waals surface area contributed by atoms with Gasteiger partial charge in [-0.05, 0) is 18.5 Å². The highest BCUT2D eigenvalue weighted by Gasteiger charge is 2.33. The average Bonchev–Trinajstić information content (AvgIpc) is 2.63. The molecule has 1 saturated heterocycles. The third kappa shape index (κ3) is 3.35. The summed E-state index contributed by atoms with van der Waals surface area (Å²) in [6.07, 6.45) is 1.02. The molecule has 1 amide bonds. The fourth-order valence-corrected chi connectivity index (χ4v) is 2.53. The van der Waals surface area contributed by atoms with Crippen LogP contribution in [0.5, 0.6) is 0 Å². The predicted octanol–water partition coefficient (Wildman–Crippen LogP) is 2.60. The molecule has 0 spiro atoms. The van der Waals surface area contributed by atoms with Gasteiger partial charge in [0.1, 0.15) is 0 Å². The van der Waals surface area contributed by atoms with Crippen LogP contribution in [-0.2, 0) is 4.79 Å². The quantitative estimate of drug-likeness (QED) is 0.842. The van der Waals surface area contributed by atoms with Crippen molar-refractivity contribution in [2.45, 2.75) is 33.2 Å². The monoisotopic (exact) mass is 260 g/mol. The first-order valence-electron chi connectivity index (χ1n) is 7.07. The highest BCUT2D eigenvalue weighted by Crippen LogP contribution is 2.27. The van der Waals surface area contributed by atoms with Crippen molar-refractivity contribution in [3.63, 3.8) is 0 Å². The molecule has 0 bridgehead atoms. The number of carbonyl (C=O) groups is 1. The molecule has 0 radical (unpaired) electrons. The van der Waals surface area contributed by atoms with Crippen molar-refractivity contribution >= 4 is 5.91 Å². The Kier molecular flexibility index (Phi) is 4.25. The molecule has 1 aromatic rings. The summed E-state index contributed by atoms with van der Waals surface area (Å²) in [5.74, 6) is 0.241. The zero-order valence-electron chi connectivity index (χ0n) is 12.1. The molecule has 3 nitrogen and oxygen atoms in total. The minimum atomic E-state index is -0.322. The minimum Gasteiger partial charge on any atom is -0.334 e. The molecule has 0 saturated carbocycles. The van der Waals surface area contributed by atoms with Gasteiger partial charge in [-0.25, -0.2) is 0 Å². The topological polar surface area (TPSA) is 32.3 Å². The van der Waals surface area contributed by atoms with Gasteiger partial charge in [-0.1, -0.05) is 51.1 Å². The van der Waals surface area contributed by atoms with Gasteiger partial charge in [0.05, 0.1) is 6.04 Å². The first-order chi connectivity index (χ1) is 9.00. The number of carbonyl (C=O) groups excluding carboxylic acids is 1. The van der Waals surface area contributed by atoms with E-state index in [0.717, 1.165) is 26.1 Å². The van der Waals surface area contributed by atoms with Crippen LogP contribution in [-0.4, -0.2) is 30.4 Å². The Morgan fingerprint density at radius 1 is 1.26 bits per heavy atom. The van der Waals surface area contributed by atoms with Crippen molar-refractivity contribution in [3.05, 3.63) is 35.9 Å². The molecule has 0 aromatic heterocycles. The van der Waals surface area contributed by atoms with Gasteiger partial charge in [-0.3, -0.25) is 4.79 Å². The summed E-state index contributed by atoms with van der Waals surface area (Å²) in [4.78, 5) is 14.7. The van der Waals surface area contributed by atoms with Gasteiger partial charge in [-0.15, -0.1) is 0 Å². The minimum absolute atomic E-state index is 0.149. The summed E-state index contributed by atoms with van der Waals surface area (Å²) in [5, 5.41) is 3.44. The average molecular weight is 260 g/mol. The van der Waals surface area contributed by atoms with Crippen LogP contribution in [0.1, 0.15) is 38.8 Å². The molecule has 1 aliphatic rings. The van der Waals surface area contributed by atoms with E-state index in [9.17, 15) is 4.79 Å². The largest absolute Gasteiger partial charge is 0.334 e. The van der Waals surface area contributed by atoms with Crippen molar-refractivity contribution in [3.8, 4) is 0 Å². The number of nitrogens with one attached hydrogen (secondary N) is 1. The third-order valence-electron chi connectivity index (χ3n) is 3.55. The molecule has 1 atom stereocenters. The number of hydrogen-bond acceptors (Lipinski definition) is 2. The van der Waals surface area contributed by atoms with Gasteiger partial charge in [0, 0.05) is 18.5 Å². The standard InChI is InChI=1S/C16H24N2O/c1-16(2,3)15(19)18-11-7-10-17-12-14(18)13-8-5-4-6-9-13/h4-6,8-9,14,17H,7,10-12H2,1-3H3. The van der Waals surface area contributed by atoms with Crippen molar-refractivity contribution in [2.75, 3.05) is 19.6 Å². The van der Waals surface area contributed by atoms with Gasteiger partial charge in [0.15, 0.2) is 0 Å². The molecular formula is C16H24N2O. The second-order valence-corrected chi connectivity index (χ2v) is 6.23. The summed E-state index contributed by atoms with van der Waals surface area (Å²) >= 11 is 0. The molecule has 19 heavy (non-hydrogen) atoms. The first kappa shape index (κ1) is 14.1. The van der Waals surface area contributed by atoms with Crippen LogP contribution in [0.4, 0.5) is 0 Å². The number of benzene rings is 1. The van der Waals surface area contributed by atoms with Crippen LogP contribution in [0.25, 0.3) is 0 Å². The molecular weight excluding hydrogens is 236 g/mol. The highest BCUT2D eigenvalue weighted by molar-refractivity contribution is 5.82. The molecule has 3 heteroatoms. The van der Waals surface area contributed by atoms with Crippen molar-refractivity contribution < 1.29 is 4.79 Å². The lowest BCUT2D eigenvalue weighted by atomic mass is 9.92. The van der Waals surface area contributed by atoms with E-state index in [1.165, 1.54) is 5.56 Å². The normalized spacial score (nSPS) is 21.0. The van der Waals surface area contributed by atoms with Crippen molar-refractivity contribution in [1.29, 1.82) is 0 Å². The number of rotatable bonds is 1. The maximum Gasteiger partial charge on any atom is 0.228 e. The maximum absolute atomic E-state index is 12.7. The van der Waals surface area contributed by atoms with Crippen LogP contribution >= 0.6 is 0 Å².